The molecule has 0 bridgehead atoms. The van der Waals surface area contributed by atoms with Gasteiger partial charge in [-0.3, -0.25) is 9.20 Å². The Kier molecular flexibility index (Phi) is 3.47. The molecule has 1 atom stereocenters. The lowest BCUT2D eigenvalue weighted by Crippen LogP contribution is -3.08. The summed E-state index contributed by atoms with van der Waals surface area (Å²) in [5, 5.41) is 9.91. The second kappa shape index (κ2) is 5.64. The highest BCUT2D eigenvalue weighted by atomic mass is 35.5. The van der Waals surface area contributed by atoms with Crippen LogP contribution in [-0.2, 0) is 13.0 Å². The van der Waals surface area contributed by atoms with Gasteiger partial charge in [-0.1, -0.05) is 17.7 Å². The van der Waals surface area contributed by atoms with E-state index in [2.05, 4.69) is 17.2 Å². The van der Waals surface area contributed by atoms with E-state index in [4.69, 9.17) is 11.6 Å². The van der Waals surface area contributed by atoms with Crippen LogP contribution in [-0.4, -0.2) is 32.8 Å². The fraction of sp³-hybridized carbons (Fsp3) is 0.278. The first kappa shape index (κ1) is 16.0. The summed E-state index contributed by atoms with van der Waals surface area (Å²) in [6.45, 7) is 3.91. The van der Waals surface area contributed by atoms with Crippen LogP contribution in [0.1, 0.15) is 16.3 Å². The van der Waals surface area contributed by atoms with Crippen molar-refractivity contribution in [3.63, 3.8) is 0 Å². The summed E-state index contributed by atoms with van der Waals surface area (Å²) in [6.07, 6.45) is 0.915. The third-order valence-corrected chi connectivity index (χ3v) is 6.48. The van der Waals surface area contributed by atoms with Crippen molar-refractivity contribution in [1.82, 2.24) is 19.2 Å². The molecule has 4 heterocycles. The Bertz CT molecular complexity index is 1240. The maximum atomic E-state index is 13.5. The molecule has 0 spiro atoms. The van der Waals surface area contributed by atoms with Gasteiger partial charge >= 0.3 is 0 Å². The number of likely N-dealkylation sites (N-methyl/N-ethyl adjacent to an activating group) is 1. The molecule has 1 unspecified atom stereocenters. The topological polar surface area (TPSA) is 56.6 Å². The largest absolute Gasteiger partial charge is 0.333 e. The fourth-order valence-corrected chi connectivity index (χ4v) is 5.45. The van der Waals surface area contributed by atoms with Crippen LogP contribution in [0.4, 0.5) is 0 Å². The van der Waals surface area contributed by atoms with Crippen LogP contribution in [0.15, 0.2) is 29.1 Å². The maximum absolute atomic E-state index is 13.5. The molecule has 1 aliphatic rings. The van der Waals surface area contributed by atoms with Crippen LogP contribution in [0.5, 0.6) is 0 Å². The first-order chi connectivity index (χ1) is 12.5. The number of quaternary nitrogens is 1. The van der Waals surface area contributed by atoms with E-state index in [0.29, 0.717) is 16.5 Å². The van der Waals surface area contributed by atoms with Gasteiger partial charge in [0, 0.05) is 11.4 Å². The van der Waals surface area contributed by atoms with Gasteiger partial charge < -0.3 is 4.90 Å². The first-order valence-electron chi connectivity index (χ1n) is 8.53. The zero-order chi connectivity index (χ0) is 18.0. The second-order valence-electron chi connectivity index (χ2n) is 6.82. The molecule has 0 saturated carbocycles. The van der Waals surface area contributed by atoms with Gasteiger partial charge in [-0.05, 0) is 30.7 Å². The van der Waals surface area contributed by atoms with Crippen LogP contribution in [0.3, 0.4) is 0 Å². The van der Waals surface area contributed by atoms with Crippen molar-refractivity contribution >= 4 is 38.9 Å². The molecule has 1 aliphatic heterocycles. The highest BCUT2D eigenvalue weighted by Gasteiger charge is 2.27. The molecule has 132 valence electrons. The van der Waals surface area contributed by atoms with Gasteiger partial charge in [-0.25, -0.2) is 4.57 Å². The number of nitrogens with one attached hydrogen (secondary N) is 1. The minimum atomic E-state index is -0.0424. The SMILES string of the molecule is Cc1nnc2n(-c3cccc(Cl)c3)c(=O)c3c4c(sc3n12)C[NH+](C)CC4. The van der Waals surface area contributed by atoms with Gasteiger partial charge in [0.1, 0.15) is 17.2 Å². The van der Waals surface area contributed by atoms with E-state index < -0.39 is 0 Å². The summed E-state index contributed by atoms with van der Waals surface area (Å²) in [5.74, 6) is 1.31. The van der Waals surface area contributed by atoms with Crippen molar-refractivity contribution < 1.29 is 4.90 Å². The number of aromatic nitrogens is 4. The van der Waals surface area contributed by atoms with E-state index in [1.807, 2.05) is 23.5 Å². The third kappa shape index (κ3) is 2.17. The smallest absolute Gasteiger partial charge is 0.268 e. The van der Waals surface area contributed by atoms with Crippen LogP contribution >= 0.6 is 22.9 Å². The van der Waals surface area contributed by atoms with E-state index >= 15 is 0 Å². The van der Waals surface area contributed by atoms with E-state index in [1.165, 1.54) is 15.3 Å². The lowest BCUT2D eigenvalue weighted by molar-refractivity contribution is -0.895. The van der Waals surface area contributed by atoms with Gasteiger partial charge in [0.25, 0.3) is 5.56 Å². The van der Waals surface area contributed by atoms with Crippen LogP contribution in [0.25, 0.3) is 21.7 Å². The summed E-state index contributed by atoms with van der Waals surface area (Å²) in [6, 6.07) is 7.30. The molecule has 8 heteroatoms. The standard InChI is InChI=1S/C18H16ClN5OS/c1-10-20-21-18-23(10)17-15(13-6-7-22(2)9-14(13)26-17)16(25)24(18)12-5-3-4-11(19)8-12/h3-5,8H,6-7,9H2,1-2H3/p+1. The molecule has 0 amide bonds. The van der Waals surface area contributed by atoms with Crippen molar-refractivity contribution in [1.29, 1.82) is 0 Å². The molecule has 1 N–H and O–H groups in total. The number of hydrogen-bond donors (Lipinski definition) is 1. The lowest BCUT2D eigenvalue weighted by Gasteiger charge is -2.19. The van der Waals surface area contributed by atoms with Crippen LogP contribution < -0.4 is 10.5 Å². The average Bonchev–Trinajstić information content (AvgIpc) is 3.15. The van der Waals surface area contributed by atoms with Crippen molar-refractivity contribution in [2.45, 2.75) is 19.9 Å². The second-order valence-corrected chi connectivity index (χ2v) is 8.34. The minimum absolute atomic E-state index is 0.0424. The van der Waals surface area contributed by atoms with Crippen molar-refractivity contribution in [2.75, 3.05) is 13.6 Å². The molecule has 4 aromatic rings. The number of nitrogens with zero attached hydrogens (tertiary/aromatic N) is 4. The Hall–Kier alpha value is -2.22. The van der Waals surface area contributed by atoms with Crippen molar-refractivity contribution in [3.05, 3.63) is 55.9 Å². The predicted molar refractivity (Wildman–Crippen MR) is 103 cm³/mol. The number of rotatable bonds is 1. The Labute approximate surface area is 158 Å². The summed E-state index contributed by atoms with van der Waals surface area (Å²) in [4.78, 5) is 17.2. The molecular weight excluding hydrogens is 370 g/mol. The van der Waals surface area contributed by atoms with Crippen LogP contribution in [0, 0.1) is 6.92 Å². The maximum Gasteiger partial charge on any atom is 0.268 e. The number of thiophene rings is 1. The predicted octanol–water partition coefficient (Wildman–Crippen LogP) is 1.63. The molecule has 5 rings (SSSR count). The van der Waals surface area contributed by atoms with E-state index in [-0.39, 0.29) is 5.56 Å². The zero-order valence-electron chi connectivity index (χ0n) is 14.4. The summed E-state index contributed by atoms with van der Waals surface area (Å²) < 4.78 is 3.63. The fourth-order valence-electron chi connectivity index (χ4n) is 3.77. The Morgan fingerprint density at radius 3 is 2.96 bits per heavy atom. The molecule has 0 radical (unpaired) electrons. The Morgan fingerprint density at radius 1 is 1.31 bits per heavy atom. The van der Waals surface area contributed by atoms with Gasteiger partial charge in [0.15, 0.2) is 0 Å². The molecule has 3 aromatic heterocycles. The highest BCUT2D eigenvalue weighted by molar-refractivity contribution is 7.18. The zero-order valence-corrected chi connectivity index (χ0v) is 16.0. The highest BCUT2D eigenvalue weighted by Crippen LogP contribution is 2.32. The molecule has 26 heavy (non-hydrogen) atoms. The molecular formula is C18H17ClN5OS+. The Morgan fingerprint density at radius 2 is 2.15 bits per heavy atom. The molecule has 6 nitrogen and oxygen atoms in total. The summed E-state index contributed by atoms with van der Waals surface area (Å²) >= 11 is 7.87. The normalized spacial score (nSPS) is 17.1. The number of hydrogen-bond acceptors (Lipinski definition) is 4. The number of fused-ring (bicyclic) bond motifs is 5. The Balaban J connectivity index is 1.97. The number of benzene rings is 1. The summed E-state index contributed by atoms with van der Waals surface area (Å²) in [5.41, 5.74) is 1.85. The van der Waals surface area contributed by atoms with E-state index in [1.54, 1.807) is 28.0 Å². The number of aryl methyl sites for hydroxylation is 1. The quantitative estimate of drug-likeness (QED) is 0.541. The molecule has 1 aromatic carbocycles. The first-order valence-corrected chi connectivity index (χ1v) is 9.72. The van der Waals surface area contributed by atoms with Gasteiger partial charge in [0.05, 0.1) is 29.5 Å². The number of halogens is 1. The minimum Gasteiger partial charge on any atom is -0.333 e. The van der Waals surface area contributed by atoms with Crippen molar-refractivity contribution in [2.24, 2.45) is 0 Å². The van der Waals surface area contributed by atoms with Gasteiger partial charge in [-0.15, -0.1) is 21.5 Å². The van der Waals surface area contributed by atoms with Crippen LogP contribution in [0.2, 0.25) is 5.02 Å². The third-order valence-electron chi connectivity index (χ3n) is 5.03. The monoisotopic (exact) mass is 386 g/mol. The van der Waals surface area contributed by atoms with Gasteiger partial charge in [0.2, 0.25) is 5.78 Å². The van der Waals surface area contributed by atoms with E-state index in [9.17, 15) is 4.79 Å². The molecule has 0 saturated heterocycles. The summed E-state index contributed by atoms with van der Waals surface area (Å²) in [7, 11) is 2.19. The average molecular weight is 387 g/mol. The van der Waals surface area contributed by atoms with E-state index in [0.717, 1.165) is 35.6 Å². The lowest BCUT2D eigenvalue weighted by atomic mass is 10.1. The van der Waals surface area contributed by atoms with Crippen molar-refractivity contribution in [3.8, 4) is 5.69 Å². The van der Waals surface area contributed by atoms with Gasteiger partial charge in [-0.2, -0.15) is 0 Å². The molecule has 0 aliphatic carbocycles. The molecule has 0 fully saturated rings.